The van der Waals surface area contributed by atoms with Crippen molar-refractivity contribution in [1.29, 1.82) is 0 Å². The van der Waals surface area contributed by atoms with Crippen LogP contribution >= 0.6 is 0 Å². The van der Waals surface area contributed by atoms with Crippen LogP contribution in [-0.4, -0.2) is 27.5 Å². The summed E-state index contributed by atoms with van der Waals surface area (Å²) >= 11 is 0. The fourth-order valence-electron chi connectivity index (χ4n) is 3.51. The van der Waals surface area contributed by atoms with Gasteiger partial charge in [-0.25, -0.2) is 0 Å². The second-order valence-corrected chi connectivity index (χ2v) is 6.38. The Labute approximate surface area is 144 Å². The second-order valence-electron chi connectivity index (χ2n) is 6.38. The zero-order chi connectivity index (χ0) is 17.6. The summed E-state index contributed by atoms with van der Waals surface area (Å²) in [4.78, 5) is 37.6. The molecule has 2 aliphatic rings. The number of aryl methyl sites for hydroxylation is 2. The highest BCUT2D eigenvalue weighted by molar-refractivity contribution is 6.20. The number of hydrogen-bond donors (Lipinski definition) is 1. The lowest BCUT2D eigenvalue weighted by atomic mass is 10.1. The van der Waals surface area contributed by atoms with Gasteiger partial charge in [0.05, 0.1) is 11.4 Å². The van der Waals surface area contributed by atoms with Gasteiger partial charge in [0, 0.05) is 31.0 Å². The Morgan fingerprint density at radius 1 is 1.12 bits per heavy atom. The molecule has 7 nitrogen and oxygen atoms in total. The third-order valence-corrected chi connectivity index (χ3v) is 4.72. The summed E-state index contributed by atoms with van der Waals surface area (Å²) in [7, 11) is 1.81. The van der Waals surface area contributed by atoms with Gasteiger partial charge in [0.15, 0.2) is 0 Å². The number of fused-ring (bicyclic) bond motifs is 1. The van der Waals surface area contributed by atoms with Crippen LogP contribution in [0, 0.1) is 0 Å². The molecule has 1 aromatic carbocycles. The predicted octanol–water partition coefficient (Wildman–Crippen LogP) is 1.81. The Morgan fingerprint density at radius 3 is 2.64 bits per heavy atom. The molecule has 7 heteroatoms. The highest BCUT2D eigenvalue weighted by atomic mass is 16.2. The van der Waals surface area contributed by atoms with Gasteiger partial charge in [-0.05, 0) is 37.5 Å². The van der Waals surface area contributed by atoms with E-state index in [2.05, 4.69) is 10.4 Å². The lowest BCUT2D eigenvalue weighted by Gasteiger charge is -2.15. The number of carbonyl (C=O) groups is 3. The van der Waals surface area contributed by atoms with Crippen molar-refractivity contribution >= 4 is 29.2 Å². The SMILES string of the molecule is Cn1nc2c(c1NC(=O)c1cccc(N3C(=O)CCC3=O)c1)CCC2. The zero-order valence-corrected chi connectivity index (χ0v) is 13.9. The van der Waals surface area contributed by atoms with Crippen LogP contribution in [-0.2, 0) is 29.5 Å². The molecule has 1 aromatic heterocycles. The smallest absolute Gasteiger partial charge is 0.256 e. The van der Waals surface area contributed by atoms with Crippen molar-refractivity contribution < 1.29 is 14.4 Å². The van der Waals surface area contributed by atoms with Crippen LogP contribution in [0.5, 0.6) is 0 Å². The van der Waals surface area contributed by atoms with Gasteiger partial charge in [0.1, 0.15) is 5.82 Å². The van der Waals surface area contributed by atoms with Crippen molar-refractivity contribution in [3.63, 3.8) is 0 Å². The van der Waals surface area contributed by atoms with Crippen LogP contribution in [0.15, 0.2) is 24.3 Å². The molecule has 1 fully saturated rings. The molecule has 1 aliphatic heterocycles. The van der Waals surface area contributed by atoms with Gasteiger partial charge in [0.25, 0.3) is 5.91 Å². The molecule has 0 bridgehead atoms. The van der Waals surface area contributed by atoms with Gasteiger partial charge in [0.2, 0.25) is 11.8 Å². The van der Waals surface area contributed by atoms with E-state index in [0.29, 0.717) is 11.3 Å². The fraction of sp³-hybridized carbons (Fsp3) is 0.333. The van der Waals surface area contributed by atoms with Crippen LogP contribution < -0.4 is 10.2 Å². The van der Waals surface area contributed by atoms with Gasteiger partial charge in [-0.2, -0.15) is 5.10 Å². The summed E-state index contributed by atoms with van der Waals surface area (Å²) in [6.45, 7) is 0. The fourth-order valence-corrected chi connectivity index (χ4v) is 3.51. The van der Waals surface area contributed by atoms with E-state index in [9.17, 15) is 14.4 Å². The minimum atomic E-state index is -0.279. The molecule has 1 saturated heterocycles. The van der Waals surface area contributed by atoms with Gasteiger partial charge >= 0.3 is 0 Å². The number of imide groups is 1. The molecule has 1 N–H and O–H groups in total. The Kier molecular flexibility index (Phi) is 3.63. The molecule has 0 radical (unpaired) electrons. The number of hydrogen-bond acceptors (Lipinski definition) is 4. The number of anilines is 2. The van der Waals surface area contributed by atoms with Crippen molar-refractivity contribution in [2.24, 2.45) is 7.05 Å². The molecular weight excluding hydrogens is 320 g/mol. The second kappa shape index (κ2) is 5.84. The Hall–Kier alpha value is -2.96. The van der Waals surface area contributed by atoms with E-state index >= 15 is 0 Å². The molecule has 4 rings (SSSR count). The Balaban J connectivity index is 1.60. The molecule has 128 valence electrons. The normalized spacial score (nSPS) is 16.4. The summed E-state index contributed by atoms with van der Waals surface area (Å²) in [6, 6.07) is 6.59. The summed E-state index contributed by atoms with van der Waals surface area (Å²) in [5, 5.41) is 7.36. The van der Waals surface area contributed by atoms with E-state index in [1.54, 1.807) is 28.9 Å². The minimum Gasteiger partial charge on any atom is -0.307 e. The molecule has 3 amide bonds. The number of aromatic nitrogens is 2. The van der Waals surface area contributed by atoms with Crippen molar-refractivity contribution in [3.05, 3.63) is 41.1 Å². The molecular formula is C18H18N4O3. The maximum atomic E-state index is 12.7. The quantitative estimate of drug-likeness (QED) is 0.865. The summed E-state index contributed by atoms with van der Waals surface area (Å²) in [5.41, 5.74) is 2.98. The average molecular weight is 338 g/mol. The standard InChI is InChI=1S/C18H18N4O3/c1-21-17(13-6-3-7-14(13)20-21)19-18(25)11-4-2-5-12(10-11)22-15(23)8-9-16(22)24/h2,4-5,10H,3,6-9H2,1H3,(H,19,25). The summed E-state index contributed by atoms with van der Waals surface area (Å²) < 4.78 is 1.69. The van der Waals surface area contributed by atoms with Gasteiger partial charge < -0.3 is 5.32 Å². The van der Waals surface area contributed by atoms with E-state index in [4.69, 9.17) is 0 Å². The lowest BCUT2D eigenvalue weighted by molar-refractivity contribution is -0.121. The number of benzene rings is 1. The lowest BCUT2D eigenvalue weighted by Crippen LogP contribution is -2.28. The van der Waals surface area contributed by atoms with Crippen molar-refractivity contribution in [1.82, 2.24) is 9.78 Å². The average Bonchev–Trinajstić information content (AvgIpc) is 3.25. The van der Waals surface area contributed by atoms with Crippen LogP contribution in [0.3, 0.4) is 0 Å². The van der Waals surface area contributed by atoms with Crippen LogP contribution in [0.2, 0.25) is 0 Å². The van der Waals surface area contributed by atoms with Gasteiger partial charge in [-0.1, -0.05) is 6.07 Å². The maximum Gasteiger partial charge on any atom is 0.256 e. The molecule has 0 saturated carbocycles. The van der Waals surface area contributed by atoms with E-state index in [1.165, 1.54) is 0 Å². The van der Waals surface area contributed by atoms with Gasteiger partial charge in [-0.15, -0.1) is 0 Å². The molecule has 25 heavy (non-hydrogen) atoms. The topological polar surface area (TPSA) is 84.3 Å². The third-order valence-electron chi connectivity index (χ3n) is 4.72. The number of nitrogens with zero attached hydrogens (tertiary/aromatic N) is 3. The molecule has 0 spiro atoms. The van der Waals surface area contributed by atoms with Crippen molar-refractivity contribution in [2.75, 3.05) is 10.2 Å². The van der Waals surface area contributed by atoms with Crippen LogP contribution in [0.1, 0.15) is 40.9 Å². The molecule has 2 heterocycles. The summed E-state index contributed by atoms with van der Waals surface area (Å²) in [5.74, 6) is -0.0195. The third kappa shape index (κ3) is 2.61. The van der Waals surface area contributed by atoms with E-state index in [0.717, 1.165) is 41.2 Å². The number of amides is 3. The first kappa shape index (κ1) is 15.6. The monoisotopic (exact) mass is 338 g/mol. The van der Waals surface area contributed by atoms with Gasteiger partial charge in [-0.3, -0.25) is 24.0 Å². The highest BCUT2D eigenvalue weighted by Crippen LogP contribution is 2.29. The molecule has 0 unspecified atom stereocenters. The zero-order valence-electron chi connectivity index (χ0n) is 13.9. The molecule has 2 aromatic rings. The highest BCUT2D eigenvalue weighted by Gasteiger charge is 2.30. The number of carbonyl (C=O) groups excluding carboxylic acids is 3. The first-order valence-corrected chi connectivity index (χ1v) is 8.36. The Bertz CT molecular complexity index is 884. The summed E-state index contributed by atoms with van der Waals surface area (Å²) in [6.07, 6.45) is 3.34. The number of rotatable bonds is 3. The van der Waals surface area contributed by atoms with E-state index in [-0.39, 0.29) is 30.6 Å². The minimum absolute atomic E-state index is 0.219. The van der Waals surface area contributed by atoms with Crippen molar-refractivity contribution in [3.8, 4) is 0 Å². The number of nitrogens with one attached hydrogen (secondary N) is 1. The largest absolute Gasteiger partial charge is 0.307 e. The Morgan fingerprint density at radius 2 is 1.88 bits per heavy atom. The maximum absolute atomic E-state index is 12.7. The first-order chi connectivity index (χ1) is 12.0. The molecule has 1 aliphatic carbocycles. The van der Waals surface area contributed by atoms with E-state index < -0.39 is 0 Å². The van der Waals surface area contributed by atoms with Crippen LogP contribution in [0.25, 0.3) is 0 Å². The molecule has 0 atom stereocenters. The van der Waals surface area contributed by atoms with Crippen molar-refractivity contribution in [2.45, 2.75) is 32.1 Å². The predicted molar refractivity (Wildman–Crippen MR) is 91.4 cm³/mol. The first-order valence-electron chi connectivity index (χ1n) is 8.36. The van der Waals surface area contributed by atoms with E-state index in [1.807, 2.05) is 7.05 Å². The van der Waals surface area contributed by atoms with Crippen LogP contribution in [0.4, 0.5) is 11.5 Å².